The van der Waals surface area contributed by atoms with E-state index in [1.54, 1.807) is 0 Å². The number of nitrogens with zero attached hydrogens (tertiary/aromatic N) is 1. The first-order valence-electron chi connectivity index (χ1n) is 8.69. The molecule has 2 heteroatoms. The number of furan rings is 1. The van der Waals surface area contributed by atoms with E-state index in [4.69, 9.17) is 4.42 Å². The Morgan fingerprint density at radius 3 is 2.74 bits per heavy atom. The number of hydrogen-bond acceptors (Lipinski definition) is 1. The molecule has 2 aliphatic rings. The number of fused-ring (bicyclic) bond motifs is 7. The lowest BCUT2D eigenvalue weighted by molar-refractivity contribution is 0.519. The van der Waals surface area contributed by atoms with Gasteiger partial charge in [0.15, 0.2) is 0 Å². The van der Waals surface area contributed by atoms with Gasteiger partial charge in [-0.15, -0.1) is 0 Å². The Kier molecular flexibility index (Phi) is 2.67. The van der Waals surface area contributed by atoms with Crippen molar-refractivity contribution in [2.75, 3.05) is 0 Å². The minimum atomic E-state index is 0.513. The normalized spacial score (nSPS) is 15.8. The minimum Gasteiger partial charge on any atom is -0.460 e. The smallest absolute Gasteiger partial charge is 0.134 e. The second-order valence-corrected chi connectivity index (χ2v) is 6.98. The van der Waals surface area contributed by atoms with Gasteiger partial charge in [-0.3, -0.25) is 0 Å². The number of hydrogen-bond donors (Lipinski definition) is 0. The maximum absolute atomic E-state index is 6.17. The second-order valence-electron chi connectivity index (χ2n) is 6.98. The van der Waals surface area contributed by atoms with E-state index < -0.39 is 0 Å². The predicted octanol–water partition coefficient (Wildman–Crippen LogP) is 5.54. The summed E-state index contributed by atoms with van der Waals surface area (Å²) in [5, 5.41) is 1.27. The number of benzene rings is 1. The molecule has 1 aromatic carbocycles. The summed E-state index contributed by atoms with van der Waals surface area (Å²) in [5.74, 6) is 1.17. The lowest BCUT2D eigenvalue weighted by Gasteiger charge is -2.20. The Morgan fingerprint density at radius 1 is 1.00 bits per heavy atom. The summed E-state index contributed by atoms with van der Waals surface area (Å²) in [6.45, 7) is 4.61. The molecule has 2 aromatic heterocycles. The van der Waals surface area contributed by atoms with Crippen molar-refractivity contribution in [3.05, 3.63) is 53.1 Å². The minimum absolute atomic E-state index is 0.513. The maximum atomic E-state index is 6.17. The van der Waals surface area contributed by atoms with Crippen LogP contribution in [0.2, 0.25) is 0 Å². The third-order valence-corrected chi connectivity index (χ3v) is 5.31. The highest BCUT2D eigenvalue weighted by Gasteiger charge is 2.31. The van der Waals surface area contributed by atoms with Crippen LogP contribution in [0.1, 0.15) is 49.0 Å². The van der Waals surface area contributed by atoms with Gasteiger partial charge in [-0.25, -0.2) is 0 Å². The fraction of sp³-hybridized carbons (Fsp3) is 0.333. The summed E-state index contributed by atoms with van der Waals surface area (Å²) >= 11 is 0. The van der Waals surface area contributed by atoms with Crippen LogP contribution in [0.25, 0.3) is 28.2 Å². The standard InChI is InChI=1S/C21H21NO/c1-13(2)22-16-9-5-3-7-14(16)20-17(22)11-12-19-21(20)15-8-4-6-10-18(15)23-19/h3-4,6-8,10,13H,5,9,11-12H2,1-2H3. The van der Waals surface area contributed by atoms with Crippen molar-refractivity contribution in [1.29, 1.82) is 0 Å². The van der Waals surface area contributed by atoms with E-state index in [1.165, 1.54) is 39.2 Å². The van der Waals surface area contributed by atoms with Crippen LogP contribution in [0.4, 0.5) is 0 Å². The maximum Gasteiger partial charge on any atom is 0.134 e. The molecule has 0 aliphatic heterocycles. The van der Waals surface area contributed by atoms with Crippen molar-refractivity contribution in [2.45, 2.75) is 45.6 Å². The summed E-state index contributed by atoms with van der Waals surface area (Å²) < 4.78 is 8.77. The first-order valence-corrected chi connectivity index (χ1v) is 8.69. The lowest BCUT2D eigenvalue weighted by atomic mass is 9.89. The molecule has 0 unspecified atom stereocenters. The third kappa shape index (κ3) is 1.69. The molecular weight excluding hydrogens is 282 g/mol. The fourth-order valence-corrected chi connectivity index (χ4v) is 4.49. The Balaban J connectivity index is 1.91. The largest absolute Gasteiger partial charge is 0.460 e. The molecular formula is C21H21NO. The lowest BCUT2D eigenvalue weighted by Crippen LogP contribution is -2.12. The molecule has 0 radical (unpaired) electrons. The van der Waals surface area contributed by atoms with Gasteiger partial charge < -0.3 is 8.98 Å². The number of para-hydroxylation sites is 1. The van der Waals surface area contributed by atoms with Gasteiger partial charge in [-0.1, -0.05) is 30.4 Å². The Labute approximate surface area is 136 Å². The predicted molar refractivity (Wildman–Crippen MR) is 94.8 cm³/mol. The van der Waals surface area contributed by atoms with E-state index in [0.717, 1.165) is 31.3 Å². The van der Waals surface area contributed by atoms with Crippen LogP contribution in [-0.2, 0) is 19.3 Å². The molecule has 0 fully saturated rings. The van der Waals surface area contributed by atoms with Gasteiger partial charge >= 0.3 is 0 Å². The quantitative estimate of drug-likeness (QED) is 0.577. The summed E-state index contributed by atoms with van der Waals surface area (Å²) in [6.07, 6.45) is 9.07. The van der Waals surface area contributed by atoms with E-state index in [1.807, 2.05) is 0 Å². The van der Waals surface area contributed by atoms with Crippen LogP contribution >= 0.6 is 0 Å². The molecule has 3 aromatic rings. The molecule has 5 rings (SSSR count). The van der Waals surface area contributed by atoms with Crippen molar-refractivity contribution in [1.82, 2.24) is 4.57 Å². The van der Waals surface area contributed by atoms with Crippen molar-refractivity contribution in [3.8, 4) is 11.1 Å². The SMILES string of the molecule is CC(C)n1c2c(c3c1CCc1oc4ccccc4c1-3)C=CCC2. The molecule has 0 saturated carbocycles. The molecule has 2 heterocycles. The van der Waals surface area contributed by atoms with Gasteiger partial charge in [0.2, 0.25) is 0 Å². The molecule has 116 valence electrons. The number of aryl methyl sites for hydroxylation is 1. The summed E-state index contributed by atoms with van der Waals surface area (Å²) in [5.41, 5.74) is 8.28. The van der Waals surface area contributed by atoms with Gasteiger partial charge in [-0.05, 0) is 39.2 Å². The summed E-state index contributed by atoms with van der Waals surface area (Å²) in [6, 6.07) is 8.99. The van der Waals surface area contributed by atoms with E-state index in [2.05, 4.69) is 54.8 Å². The van der Waals surface area contributed by atoms with Crippen LogP contribution in [-0.4, -0.2) is 4.57 Å². The zero-order valence-electron chi connectivity index (χ0n) is 13.7. The van der Waals surface area contributed by atoms with Crippen molar-refractivity contribution in [3.63, 3.8) is 0 Å². The summed E-state index contributed by atoms with van der Waals surface area (Å²) in [7, 11) is 0. The van der Waals surface area contributed by atoms with Gasteiger partial charge in [0.05, 0.1) is 0 Å². The Bertz CT molecular complexity index is 952. The first-order chi connectivity index (χ1) is 11.3. The molecule has 0 saturated heterocycles. The van der Waals surface area contributed by atoms with Gasteiger partial charge in [0.1, 0.15) is 11.3 Å². The van der Waals surface area contributed by atoms with Crippen molar-refractivity contribution < 1.29 is 4.42 Å². The average molecular weight is 303 g/mol. The Morgan fingerprint density at radius 2 is 1.87 bits per heavy atom. The van der Waals surface area contributed by atoms with Crippen LogP contribution in [0.3, 0.4) is 0 Å². The zero-order valence-corrected chi connectivity index (χ0v) is 13.7. The third-order valence-electron chi connectivity index (χ3n) is 5.31. The van der Waals surface area contributed by atoms with Crippen LogP contribution in [0, 0.1) is 0 Å². The van der Waals surface area contributed by atoms with E-state index in [-0.39, 0.29) is 0 Å². The van der Waals surface area contributed by atoms with Crippen LogP contribution in [0.5, 0.6) is 0 Å². The van der Waals surface area contributed by atoms with Gasteiger partial charge in [0.25, 0.3) is 0 Å². The highest BCUT2D eigenvalue weighted by molar-refractivity contribution is 6.00. The highest BCUT2D eigenvalue weighted by Crippen LogP contribution is 2.47. The highest BCUT2D eigenvalue weighted by atomic mass is 16.3. The van der Waals surface area contributed by atoms with E-state index in [9.17, 15) is 0 Å². The van der Waals surface area contributed by atoms with Crippen LogP contribution in [0.15, 0.2) is 34.8 Å². The number of allylic oxidation sites excluding steroid dienone is 1. The first kappa shape index (κ1) is 13.2. The molecule has 0 N–H and O–H groups in total. The molecule has 0 atom stereocenters. The average Bonchev–Trinajstić information content (AvgIpc) is 3.09. The number of aromatic nitrogens is 1. The molecule has 2 aliphatic carbocycles. The fourth-order valence-electron chi connectivity index (χ4n) is 4.49. The van der Waals surface area contributed by atoms with Crippen LogP contribution < -0.4 is 0 Å². The van der Waals surface area contributed by atoms with Crippen molar-refractivity contribution >= 4 is 17.0 Å². The number of rotatable bonds is 1. The van der Waals surface area contributed by atoms with Crippen molar-refractivity contribution in [2.24, 2.45) is 0 Å². The molecule has 0 amide bonds. The molecule has 0 bridgehead atoms. The Hall–Kier alpha value is -2.22. The van der Waals surface area contributed by atoms with E-state index in [0.29, 0.717) is 6.04 Å². The van der Waals surface area contributed by atoms with Gasteiger partial charge in [-0.2, -0.15) is 0 Å². The molecule has 2 nitrogen and oxygen atoms in total. The second kappa shape index (κ2) is 4.64. The molecule has 0 spiro atoms. The monoisotopic (exact) mass is 303 g/mol. The zero-order chi connectivity index (χ0) is 15.6. The van der Waals surface area contributed by atoms with Gasteiger partial charge in [0, 0.05) is 45.9 Å². The molecule has 23 heavy (non-hydrogen) atoms. The van der Waals surface area contributed by atoms with E-state index >= 15 is 0 Å². The topological polar surface area (TPSA) is 18.1 Å². The summed E-state index contributed by atoms with van der Waals surface area (Å²) in [4.78, 5) is 0.